The smallest absolute Gasteiger partial charge is 0.240 e. The van der Waals surface area contributed by atoms with E-state index in [0.717, 1.165) is 57.2 Å². The summed E-state index contributed by atoms with van der Waals surface area (Å²) in [6.45, 7) is 2.48. The zero-order valence-electron chi connectivity index (χ0n) is 18.3. The Morgan fingerprint density at radius 2 is 1.61 bits per heavy atom. The first-order chi connectivity index (χ1) is 15.2. The van der Waals surface area contributed by atoms with E-state index in [1.165, 1.54) is 5.56 Å². The lowest BCUT2D eigenvalue weighted by atomic mass is 9.66. The van der Waals surface area contributed by atoms with Gasteiger partial charge in [0.1, 0.15) is 0 Å². The highest BCUT2D eigenvalue weighted by Crippen LogP contribution is 2.47. The van der Waals surface area contributed by atoms with Gasteiger partial charge in [0, 0.05) is 25.0 Å². The minimum atomic E-state index is -0.817. The van der Waals surface area contributed by atoms with Crippen LogP contribution in [0.1, 0.15) is 56.1 Å². The minimum absolute atomic E-state index is 0.0225. The maximum atomic E-state index is 13.8. The molecule has 31 heavy (non-hydrogen) atoms. The normalized spacial score (nSPS) is 31.4. The van der Waals surface area contributed by atoms with Crippen molar-refractivity contribution in [3.63, 3.8) is 0 Å². The van der Waals surface area contributed by atoms with E-state index in [9.17, 15) is 9.90 Å². The second-order valence-corrected chi connectivity index (χ2v) is 9.64. The molecule has 1 unspecified atom stereocenters. The van der Waals surface area contributed by atoms with E-state index in [-0.39, 0.29) is 18.0 Å². The molecule has 0 radical (unpaired) electrons. The molecule has 5 rings (SSSR count). The Morgan fingerprint density at radius 1 is 0.903 bits per heavy atom. The number of amides is 1. The molecule has 2 saturated heterocycles. The molecule has 1 saturated carbocycles. The van der Waals surface area contributed by atoms with Crippen LogP contribution in [0, 0.1) is 5.92 Å². The molecule has 4 nitrogen and oxygen atoms in total. The van der Waals surface area contributed by atoms with Crippen LogP contribution in [-0.2, 0) is 16.9 Å². The van der Waals surface area contributed by atoms with Crippen LogP contribution in [-0.4, -0.2) is 46.0 Å². The Labute approximate surface area is 185 Å². The molecule has 2 aromatic rings. The van der Waals surface area contributed by atoms with Crippen molar-refractivity contribution in [1.29, 1.82) is 0 Å². The predicted molar refractivity (Wildman–Crippen MR) is 122 cm³/mol. The van der Waals surface area contributed by atoms with Gasteiger partial charge in [0.05, 0.1) is 11.6 Å². The first-order valence-corrected chi connectivity index (χ1v) is 12.0. The summed E-state index contributed by atoms with van der Waals surface area (Å²) in [4.78, 5) is 18.3. The number of rotatable bonds is 4. The topological polar surface area (TPSA) is 43.8 Å². The Bertz CT molecular complexity index is 887. The maximum absolute atomic E-state index is 13.8. The average molecular weight is 419 g/mol. The molecule has 4 heteroatoms. The molecule has 3 fully saturated rings. The van der Waals surface area contributed by atoms with Crippen LogP contribution in [0.4, 0.5) is 0 Å². The van der Waals surface area contributed by atoms with E-state index < -0.39 is 5.60 Å². The molecule has 164 valence electrons. The lowest BCUT2D eigenvalue weighted by molar-refractivity contribution is -0.159. The number of aliphatic hydroxyl groups is 1. The number of carbonyl (C=O) groups excluding carboxylic acids is 1. The van der Waals surface area contributed by atoms with Crippen molar-refractivity contribution in [2.45, 2.75) is 69.2 Å². The zero-order valence-corrected chi connectivity index (χ0v) is 18.3. The Hall–Kier alpha value is -2.17. The van der Waals surface area contributed by atoms with Crippen molar-refractivity contribution in [2.24, 2.45) is 5.92 Å². The summed E-state index contributed by atoms with van der Waals surface area (Å²) in [5, 5.41) is 11.8. The molecule has 2 aromatic carbocycles. The van der Waals surface area contributed by atoms with E-state index in [0.29, 0.717) is 18.9 Å². The van der Waals surface area contributed by atoms with Crippen molar-refractivity contribution in [1.82, 2.24) is 9.80 Å². The van der Waals surface area contributed by atoms with Gasteiger partial charge in [-0.3, -0.25) is 9.69 Å². The summed E-state index contributed by atoms with van der Waals surface area (Å²) in [6, 6.07) is 20.8. The van der Waals surface area contributed by atoms with Gasteiger partial charge in [-0.1, -0.05) is 73.5 Å². The predicted octanol–water partition coefficient (Wildman–Crippen LogP) is 4.33. The average Bonchev–Trinajstić information content (AvgIpc) is 3.28. The van der Waals surface area contributed by atoms with E-state index in [2.05, 4.69) is 46.2 Å². The number of hydrogen-bond donors (Lipinski definition) is 1. The first kappa shape index (κ1) is 20.7. The molecule has 1 N–H and O–H groups in total. The number of piperidine rings is 1. The highest BCUT2D eigenvalue weighted by atomic mass is 16.3. The lowest BCUT2D eigenvalue weighted by Crippen LogP contribution is -2.61. The molecule has 2 heterocycles. The zero-order chi connectivity index (χ0) is 21.3. The third-order valence-electron chi connectivity index (χ3n) is 7.91. The number of nitrogens with zero attached hydrogens (tertiary/aromatic N) is 2. The van der Waals surface area contributed by atoms with Crippen LogP contribution < -0.4 is 0 Å². The number of carbonyl (C=O) groups is 1. The van der Waals surface area contributed by atoms with E-state index in [1.807, 2.05) is 24.3 Å². The quantitative estimate of drug-likeness (QED) is 0.804. The third kappa shape index (κ3) is 3.92. The number of hydrogen-bond acceptors (Lipinski definition) is 3. The van der Waals surface area contributed by atoms with Crippen LogP contribution in [0.3, 0.4) is 0 Å². The second kappa shape index (κ2) is 8.76. The van der Waals surface area contributed by atoms with Crippen LogP contribution in [0.25, 0.3) is 0 Å². The van der Waals surface area contributed by atoms with Gasteiger partial charge in [-0.05, 0) is 49.8 Å². The number of fused-ring (bicyclic) bond motifs is 1. The summed E-state index contributed by atoms with van der Waals surface area (Å²) in [7, 11) is 0. The summed E-state index contributed by atoms with van der Waals surface area (Å²) in [5.74, 6) is 0.422. The van der Waals surface area contributed by atoms with Crippen molar-refractivity contribution in [2.75, 3.05) is 13.1 Å². The standard InChI is InChI=1S/C27H34N2O2/c30-26(25-16-9-18-28(25)20-21-10-3-1-4-11-21)29-19-17-27(31,22-12-5-2-6-13-22)23-14-7-8-15-24(23)29/h1-6,10-13,23-25,31H,7-9,14-20H2/t23-,24+,25+,27?/m1/s1. The largest absolute Gasteiger partial charge is 0.385 e. The van der Waals surface area contributed by atoms with Crippen LogP contribution >= 0.6 is 0 Å². The summed E-state index contributed by atoms with van der Waals surface area (Å²) in [6.07, 6.45) is 6.96. The van der Waals surface area contributed by atoms with Crippen molar-refractivity contribution in [3.8, 4) is 0 Å². The molecular formula is C27H34N2O2. The third-order valence-corrected chi connectivity index (χ3v) is 7.91. The van der Waals surface area contributed by atoms with Crippen molar-refractivity contribution >= 4 is 5.91 Å². The summed E-state index contributed by atoms with van der Waals surface area (Å²) >= 11 is 0. The van der Waals surface area contributed by atoms with Crippen LogP contribution in [0.2, 0.25) is 0 Å². The maximum Gasteiger partial charge on any atom is 0.240 e. The van der Waals surface area contributed by atoms with Gasteiger partial charge < -0.3 is 10.0 Å². The molecule has 4 atom stereocenters. The monoisotopic (exact) mass is 418 g/mol. The Balaban J connectivity index is 1.36. The van der Waals surface area contributed by atoms with E-state index in [4.69, 9.17) is 0 Å². The van der Waals surface area contributed by atoms with Crippen LogP contribution in [0.15, 0.2) is 60.7 Å². The van der Waals surface area contributed by atoms with Crippen molar-refractivity contribution in [3.05, 3.63) is 71.8 Å². The lowest BCUT2D eigenvalue weighted by Gasteiger charge is -2.53. The highest BCUT2D eigenvalue weighted by molar-refractivity contribution is 5.82. The van der Waals surface area contributed by atoms with E-state index in [1.54, 1.807) is 0 Å². The Kier molecular flexibility index (Phi) is 5.85. The molecule has 3 aliphatic rings. The molecule has 0 spiro atoms. The van der Waals surface area contributed by atoms with Gasteiger partial charge in [-0.15, -0.1) is 0 Å². The first-order valence-electron chi connectivity index (χ1n) is 12.0. The van der Waals surface area contributed by atoms with Gasteiger partial charge in [0.15, 0.2) is 0 Å². The van der Waals surface area contributed by atoms with Gasteiger partial charge in [-0.2, -0.15) is 0 Å². The minimum Gasteiger partial charge on any atom is -0.385 e. The Morgan fingerprint density at radius 3 is 2.39 bits per heavy atom. The molecule has 2 aliphatic heterocycles. The van der Waals surface area contributed by atoms with Gasteiger partial charge in [-0.25, -0.2) is 0 Å². The molecule has 0 bridgehead atoms. The second-order valence-electron chi connectivity index (χ2n) is 9.64. The van der Waals surface area contributed by atoms with Crippen LogP contribution in [0.5, 0.6) is 0 Å². The van der Waals surface area contributed by atoms with Gasteiger partial charge in [0.25, 0.3) is 0 Å². The SMILES string of the molecule is O=C([C@@H]1CCCN1Cc1ccccc1)N1CCC(O)(c2ccccc2)[C@@H]2CCCC[C@@H]21. The fourth-order valence-electron chi connectivity index (χ4n) is 6.35. The fraction of sp³-hybridized carbons (Fsp3) is 0.519. The summed E-state index contributed by atoms with van der Waals surface area (Å²) in [5.41, 5.74) is 1.48. The van der Waals surface area contributed by atoms with E-state index >= 15 is 0 Å². The fourth-order valence-corrected chi connectivity index (χ4v) is 6.35. The number of benzene rings is 2. The molecule has 1 amide bonds. The highest BCUT2D eigenvalue weighted by Gasteiger charge is 2.51. The van der Waals surface area contributed by atoms with Gasteiger partial charge >= 0.3 is 0 Å². The van der Waals surface area contributed by atoms with Gasteiger partial charge in [0.2, 0.25) is 5.91 Å². The number of likely N-dealkylation sites (tertiary alicyclic amines) is 2. The molecule has 0 aromatic heterocycles. The van der Waals surface area contributed by atoms with Crippen molar-refractivity contribution < 1.29 is 9.90 Å². The molecular weight excluding hydrogens is 384 g/mol. The molecule has 1 aliphatic carbocycles. The summed E-state index contributed by atoms with van der Waals surface area (Å²) < 4.78 is 0.